The van der Waals surface area contributed by atoms with Gasteiger partial charge in [-0.05, 0) is 49.2 Å². The predicted octanol–water partition coefficient (Wildman–Crippen LogP) is 3.91. The number of nitrogens with zero attached hydrogens (tertiary/aromatic N) is 2. The summed E-state index contributed by atoms with van der Waals surface area (Å²) in [5.41, 5.74) is 0. The average Bonchev–Trinajstić information content (AvgIpc) is 2.93. The van der Waals surface area contributed by atoms with Crippen LogP contribution in [0.15, 0.2) is 53.7 Å². The number of piperidine rings is 1. The molecular weight excluding hydrogens is 351 g/mol. The maximum Gasteiger partial charge on any atom is 0.233 e. The number of halogens is 1. The molecule has 2 aliphatic rings. The van der Waals surface area contributed by atoms with Gasteiger partial charge in [0.15, 0.2) is 0 Å². The SMILES string of the molecule is O=C(CSc1ccc(F)cc1)N1C2CCC1CC(Oc1ccncc1)C2. The fourth-order valence-electron chi connectivity index (χ4n) is 3.99. The molecule has 1 amide bonds. The summed E-state index contributed by atoms with van der Waals surface area (Å²) < 4.78 is 19.1. The highest BCUT2D eigenvalue weighted by atomic mass is 32.2. The lowest BCUT2D eigenvalue weighted by Crippen LogP contribution is -2.49. The van der Waals surface area contributed by atoms with E-state index in [0.717, 1.165) is 36.3 Å². The Hall–Kier alpha value is -2.08. The second-order valence-electron chi connectivity index (χ2n) is 6.82. The molecule has 26 heavy (non-hydrogen) atoms. The Balaban J connectivity index is 1.34. The van der Waals surface area contributed by atoms with Gasteiger partial charge >= 0.3 is 0 Å². The molecule has 4 nitrogen and oxygen atoms in total. The third kappa shape index (κ3) is 3.85. The van der Waals surface area contributed by atoms with Crippen LogP contribution in [0.1, 0.15) is 25.7 Å². The van der Waals surface area contributed by atoms with Crippen molar-refractivity contribution in [1.29, 1.82) is 0 Å². The van der Waals surface area contributed by atoms with Crippen molar-refractivity contribution in [1.82, 2.24) is 9.88 Å². The van der Waals surface area contributed by atoms with Crippen LogP contribution in [0.2, 0.25) is 0 Å². The van der Waals surface area contributed by atoms with Gasteiger partial charge in [-0.2, -0.15) is 0 Å². The minimum Gasteiger partial charge on any atom is -0.490 e. The van der Waals surface area contributed by atoms with Crippen molar-refractivity contribution in [2.24, 2.45) is 0 Å². The molecule has 6 heteroatoms. The third-order valence-electron chi connectivity index (χ3n) is 5.11. The van der Waals surface area contributed by atoms with Crippen LogP contribution >= 0.6 is 11.8 Å². The van der Waals surface area contributed by atoms with Gasteiger partial charge in [-0.1, -0.05) is 0 Å². The van der Waals surface area contributed by atoms with Crippen molar-refractivity contribution < 1.29 is 13.9 Å². The lowest BCUT2D eigenvalue weighted by molar-refractivity contribution is -0.134. The molecule has 2 aromatic rings. The van der Waals surface area contributed by atoms with Crippen molar-refractivity contribution >= 4 is 17.7 Å². The first kappa shape index (κ1) is 17.3. The fourth-order valence-corrected chi connectivity index (χ4v) is 4.76. The van der Waals surface area contributed by atoms with E-state index >= 15 is 0 Å². The average molecular weight is 372 g/mol. The zero-order valence-corrected chi connectivity index (χ0v) is 15.2. The van der Waals surface area contributed by atoms with Gasteiger partial charge < -0.3 is 9.64 Å². The van der Waals surface area contributed by atoms with E-state index in [0.29, 0.717) is 5.75 Å². The fraction of sp³-hybridized carbons (Fsp3) is 0.400. The second kappa shape index (κ2) is 7.66. The van der Waals surface area contributed by atoms with Crippen LogP contribution in [0.25, 0.3) is 0 Å². The maximum atomic E-state index is 13.0. The van der Waals surface area contributed by atoms with E-state index in [1.807, 2.05) is 12.1 Å². The predicted molar refractivity (Wildman–Crippen MR) is 98.7 cm³/mol. The molecule has 2 atom stereocenters. The zero-order chi connectivity index (χ0) is 17.9. The minimum absolute atomic E-state index is 0.156. The number of amides is 1. The van der Waals surface area contributed by atoms with Crippen molar-refractivity contribution in [3.63, 3.8) is 0 Å². The molecule has 0 radical (unpaired) electrons. The lowest BCUT2D eigenvalue weighted by Gasteiger charge is -2.39. The molecule has 2 unspecified atom stereocenters. The standard InChI is InChI=1S/C20H21FN2O2S/c21-14-1-5-19(6-2-14)26-13-20(24)23-15-3-4-16(23)12-18(11-15)25-17-7-9-22-10-8-17/h1-2,5-10,15-16,18H,3-4,11-13H2. The van der Waals surface area contributed by atoms with Crippen molar-refractivity contribution in [3.8, 4) is 5.75 Å². The molecule has 3 heterocycles. The molecule has 0 N–H and O–H groups in total. The van der Waals surface area contributed by atoms with Gasteiger partial charge in [0.1, 0.15) is 17.7 Å². The Bertz CT molecular complexity index is 742. The maximum absolute atomic E-state index is 13.0. The zero-order valence-electron chi connectivity index (χ0n) is 14.4. The van der Waals surface area contributed by atoms with E-state index in [9.17, 15) is 9.18 Å². The number of carbonyl (C=O) groups excluding carboxylic acids is 1. The molecule has 2 aliphatic heterocycles. The van der Waals surface area contributed by atoms with Gasteiger partial charge in [0.2, 0.25) is 5.91 Å². The van der Waals surface area contributed by atoms with E-state index < -0.39 is 0 Å². The molecule has 136 valence electrons. The van der Waals surface area contributed by atoms with Crippen LogP contribution in [-0.2, 0) is 4.79 Å². The number of pyridine rings is 1. The molecule has 1 aromatic heterocycles. The highest BCUT2D eigenvalue weighted by Gasteiger charge is 2.43. The van der Waals surface area contributed by atoms with Crippen LogP contribution in [0.4, 0.5) is 4.39 Å². The molecule has 0 saturated carbocycles. The van der Waals surface area contributed by atoms with Crippen molar-refractivity contribution in [2.45, 2.75) is 48.8 Å². The Morgan fingerprint density at radius 1 is 1.12 bits per heavy atom. The van der Waals surface area contributed by atoms with E-state index in [4.69, 9.17) is 4.74 Å². The number of aromatic nitrogens is 1. The molecule has 0 spiro atoms. The number of rotatable bonds is 5. The monoisotopic (exact) mass is 372 g/mol. The topological polar surface area (TPSA) is 42.4 Å². The first-order valence-electron chi connectivity index (χ1n) is 8.95. The van der Waals surface area contributed by atoms with E-state index in [2.05, 4.69) is 9.88 Å². The number of benzene rings is 1. The van der Waals surface area contributed by atoms with Gasteiger partial charge in [-0.3, -0.25) is 9.78 Å². The van der Waals surface area contributed by atoms with E-state index in [-0.39, 0.29) is 29.9 Å². The van der Waals surface area contributed by atoms with Crippen LogP contribution in [-0.4, -0.2) is 39.7 Å². The van der Waals surface area contributed by atoms with Crippen LogP contribution < -0.4 is 4.74 Å². The quantitative estimate of drug-likeness (QED) is 0.746. The minimum atomic E-state index is -0.255. The molecule has 1 aromatic carbocycles. The van der Waals surface area contributed by atoms with Crippen molar-refractivity contribution in [3.05, 3.63) is 54.6 Å². The molecule has 0 aliphatic carbocycles. The van der Waals surface area contributed by atoms with Gasteiger partial charge in [-0.15, -0.1) is 11.8 Å². The van der Waals surface area contributed by atoms with E-state index in [1.165, 1.54) is 23.9 Å². The summed E-state index contributed by atoms with van der Waals surface area (Å²) in [5, 5.41) is 0. The molecule has 2 bridgehead atoms. The first-order valence-corrected chi connectivity index (χ1v) is 9.94. The lowest BCUT2D eigenvalue weighted by atomic mass is 9.99. The number of thioether (sulfide) groups is 1. The summed E-state index contributed by atoms with van der Waals surface area (Å²) in [7, 11) is 0. The molecular formula is C20H21FN2O2S. The van der Waals surface area contributed by atoms with Crippen molar-refractivity contribution in [2.75, 3.05) is 5.75 Å². The number of fused-ring (bicyclic) bond motifs is 2. The summed E-state index contributed by atoms with van der Waals surface area (Å²) in [6.07, 6.45) is 7.48. The molecule has 2 fully saturated rings. The van der Waals surface area contributed by atoms with Gasteiger partial charge in [0.25, 0.3) is 0 Å². The van der Waals surface area contributed by atoms with Gasteiger partial charge in [-0.25, -0.2) is 4.39 Å². The summed E-state index contributed by atoms with van der Waals surface area (Å²) in [6.45, 7) is 0. The first-order chi connectivity index (χ1) is 12.7. The Kier molecular flexibility index (Phi) is 5.11. The summed E-state index contributed by atoms with van der Waals surface area (Å²) in [6, 6.07) is 10.6. The van der Waals surface area contributed by atoms with Crippen LogP contribution in [0, 0.1) is 5.82 Å². The summed E-state index contributed by atoms with van der Waals surface area (Å²) >= 11 is 1.47. The van der Waals surface area contributed by atoms with Crippen LogP contribution in [0.5, 0.6) is 5.75 Å². The Morgan fingerprint density at radius 3 is 2.42 bits per heavy atom. The highest BCUT2D eigenvalue weighted by Crippen LogP contribution is 2.38. The van der Waals surface area contributed by atoms with Gasteiger partial charge in [0.05, 0.1) is 5.75 Å². The normalized spacial score (nSPS) is 24.5. The van der Waals surface area contributed by atoms with E-state index in [1.54, 1.807) is 24.5 Å². The summed E-state index contributed by atoms with van der Waals surface area (Å²) in [5.74, 6) is 1.16. The highest BCUT2D eigenvalue weighted by molar-refractivity contribution is 8.00. The molecule has 4 rings (SSSR count). The van der Waals surface area contributed by atoms with Gasteiger partial charge in [0, 0.05) is 42.2 Å². The second-order valence-corrected chi connectivity index (χ2v) is 7.87. The Labute approximate surface area is 156 Å². The number of carbonyl (C=O) groups is 1. The summed E-state index contributed by atoms with van der Waals surface area (Å²) in [4.78, 5) is 19.7. The Morgan fingerprint density at radius 2 is 1.77 bits per heavy atom. The molecule has 2 saturated heterocycles. The number of ether oxygens (including phenoxy) is 1. The smallest absolute Gasteiger partial charge is 0.233 e. The number of hydrogen-bond acceptors (Lipinski definition) is 4. The third-order valence-corrected chi connectivity index (χ3v) is 6.10. The largest absolute Gasteiger partial charge is 0.490 e. The number of hydrogen-bond donors (Lipinski definition) is 0. The van der Waals surface area contributed by atoms with Crippen LogP contribution in [0.3, 0.4) is 0 Å².